The normalized spacial score (nSPS) is 10.5. The third kappa shape index (κ3) is 3.78. The number of anilines is 1. The predicted octanol–water partition coefficient (Wildman–Crippen LogP) is 5.23. The summed E-state index contributed by atoms with van der Waals surface area (Å²) in [7, 11) is 0. The molecule has 0 bridgehead atoms. The lowest BCUT2D eigenvalue weighted by Crippen LogP contribution is -2.13. The molecule has 1 aromatic heterocycles. The maximum absolute atomic E-state index is 12.7. The summed E-state index contributed by atoms with van der Waals surface area (Å²) in [4.78, 5) is 12.7. The Labute approximate surface area is 163 Å². The Hall–Kier alpha value is -3.86. The molecule has 3 aromatic carbocycles. The second kappa shape index (κ2) is 7.80. The Kier molecular flexibility index (Phi) is 4.89. The third-order valence-corrected chi connectivity index (χ3v) is 4.35. The summed E-state index contributed by atoms with van der Waals surface area (Å²) in [5, 5.41) is 7.25. The molecule has 0 radical (unpaired) electrons. The number of benzene rings is 3. The average molecular weight is 369 g/mol. The van der Waals surface area contributed by atoms with Crippen LogP contribution in [0.1, 0.15) is 16.1 Å². The maximum atomic E-state index is 12.7. The van der Waals surface area contributed by atoms with Crippen LogP contribution in [0.5, 0.6) is 11.5 Å². The number of nitrogens with zero attached hydrogens (tertiary/aromatic N) is 2. The molecule has 0 saturated heterocycles. The van der Waals surface area contributed by atoms with Crippen molar-refractivity contribution in [2.45, 2.75) is 6.92 Å². The lowest BCUT2D eigenvalue weighted by molar-refractivity contribution is 0.102. The predicted molar refractivity (Wildman–Crippen MR) is 109 cm³/mol. The number of ether oxygens (including phenoxy) is 1. The van der Waals surface area contributed by atoms with Gasteiger partial charge in [-0.25, -0.2) is 4.68 Å². The van der Waals surface area contributed by atoms with Crippen LogP contribution < -0.4 is 10.1 Å². The number of amides is 1. The molecule has 0 aliphatic rings. The Balaban J connectivity index is 1.46. The van der Waals surface area contributed by atoms with E-state index in [1.165, 1.54) is 0 Å². The van der Waals surface area contributed by atoms with E-state index in [0.29, 0.717) is 17.0 Å². The molecule has 28 heavy (non-hydrogen) atoms. The summed E-state index contributed by atoms with van der Waals surface area (Å²) in [6.07, 6.45) is 1.59. The monoisotopic (exact) mass is 369 g/mol. The summed E-state index contributed by atoms with van der Waals surface area (Å²) >= 11 is 0. The zero-order valence-corrected chi connectivity index (χ0v) is 15.4. The first-order valence-corrected chi connectivity index (χ1v) is 8.95. The van der Waals surface area contributed by atoms with Crippen LogP contribution >= 0.6 is 0 Å². The lowest BCUT2D eigenvalue weighted by atomic mass is 10.2. The molecule has 138 valence electrons. The van der Waals surface area contributed by atoms with Crippen molar-refractivity contribution in [2.75, 3.05) is 5.32 Å². The minimum absolute atomic E-state index is 0.198. The van der Waals surface area contributed by atoms with Crippen LogP contribution in [0.4, 0.5) is 5.69 Å². The van der Waals surface area contributed by atoms with Crippen molar-refractivity contribution in [2.24, 2.45) is 0 Å². The Morgan fingerprint density at radius 2 is 1.46 bits per heavy atom. The summed E-state index contributed by atoms with van der Waals surface area (Å²) in [6.45, 7) is 1.88. The summed E-state index contributed by atoms with van der Waals surface area (Å²) < 4.78 is 7.52. The van der Waals surface area contributed by atoms with E-state index in [9.17, 15) is 4.79 Å². The highest BCUT2D eigenvalue weighted by Crippen LogP contribution is 2.23. The molecule has 5 nitrogen and oxygen atoms in total. The number of hydrogen-bond acceptors (Lipinski definition) is 3. The molecule has 0 spiro atoms. The van der Waals surface area contributed by atoms with E-state index in [1.807, 2.05) is 91.9 Å². The molecular formula is C23H19N3O2. The smallest absolute Gasteiger partial charge is 0.259 e. The van der Waals surface area contributed by atoms with E-state index in [2.05, 4.69) is 10.4 Å². The van der Waals surface area contributed by atoms with Gasteiger partial charge in [-0.2, -0.15) is 5.10 Å². The number of aromatic nitrogens is 2. The van der Waals surface area contributed by atoms with Crippen molar-refractivity contribution < 1.29 is 9.53 Å². The number of carbonyl (C=O) groups is 1. The molecule has 5 heteroatoms. The van der Waals surface area contributed by atoms with Gasteiger partial charge in [0.25, 0.3) is 5.91 Å². The molecule has 1 amide bonds. The van der Waals surface area contributed by atoms with Gasteiger partial charge in [-0.15, -0.1) is 0 Å². The molecule has 1 N–H and O–H groups in total. The molecule has 0 unspecified atom stereocenters. The van der Waals surface area contributed by atoms with Gasteiger partial charge in [0.1, 0.15) is 11.5 Å². The molecule has 0 fully saturated rings. The van der Waals surface area contributed by atoms with Gasteiger partial charge in [-0.05, 0) is 55.5 Å². The van der Waals surface area contributed by atoms with E-state index < -0.39 is 0 Å². The summed E-state index contributed by atoms with van der Waals surface area (Å²) in [6, 6.07) is 26.6. The third-order valence-electron chi connectivity index (χ3n) is 4.35. The van der Waals surface area contributed by atoms with Crippen molar-refractivity contribution in [3.8, 4) is 17.2 Å². The van der Waals surface area contributed by atoms with Crippen molar-refractivity contribution in [3.05, 3.63) is 102 Å². The molecular weight excluding hydrogens is 350 g/mol. The molecule has 4 aromatic rings. The molecule has 0 aliphatic carbocycles. The number of hydrogen-bond donors (Lipinski definition) is 1. The van der Waals surface area contributed by atoms with Crippen molar-refractivity contribution in [1.82, 2.24) is 9.78 Å². The standard InChI is InChI=1S/C23H19N3O2/c1-17-22(16-24-26(17)19-8-4-2-5-9-19)23(27)25-18-12-14-21(15-13-18)28-20-10-6-3-7-11-20/h2-16H,1H3,(H,25,27). The van der Waals surface area contributed by atoms with Crippen LogP contribution in [0.3, 0.4) is 0 Å². The van der Waals surface area contributed by atoms with Gasteiger partial charge in [-0.3, -0.25) is 4.79 Å². The van der Waals surface area contributed by atoms with Gasteiger partial charge in [0.2, 0.25) is 0 Å². The summed E-state index contributed by atoms with van der Waals surface area (Å²) in [5.74, 6) is 1.27. The van der Waals surface area contributed by atoms with Crippen LogP contribution in [0, 0.1) is 6.92 Å². The van der Waals surface area contributed by atoms with Crippen molar-refractivity contribution in [3.63, 3.8) is 0 Å². The SMILES string of the molecule is Cc1c(C(=O)Nc2ccc(Oc3ccccc3)cc2)cnn1-c1ccccc1. The second-order valence-electron chi connectivity index (χ2n) is 6.28. The van der Waals surface area contributed by atoms with Gasteiger partial charge in [0.05, 0.1) is 23.1 Å². The van der Waals surface area contributed by atoms with Crippen LogP contribution in [-0.4, -0.2) is 15.7 Å². The Morgan fingerprint density at radius 3 is 2.14 bits per heavy atom. The van der Waals surface area contributed by atoms with E-state index in [0.717, 1.165) is 17.1 Å². The van der Waals surface area contributed by atoms with Crippen molar-refractivity contribution in [1.29, 1.82) is 0 Å². The van der Waals surface area contributed by atoms with Crippen LogP contribution in [0.25, 0.3) is 5.69 Å². The first kappa shape index (κ1) is 17.5. The second-order valence-corrected chi connectivity index (χ2v) is 6.28. The molecule has 0 saturated carbocycles. The number of nitrogens with one attached hydrogen (secondary N) is 1. The first-order valence-electron chi connectivity index (χ1n) is 8.95. The first-order chi connectivity index (χ1) is 13.7. The molecule has 4 rings (SSSR count). The van der Waals surface area contributed by atoms with Gasteiger partial charge in [-0.1, -0.05) is 36.4 Å². The fourth-order valence-corrected chi connectivity index (χ4v) is 2.89. The fourth-order valence-electron chi connectivity index (χ4n) is 2.89. The van der Waals surface area contributed by atoms with E-state index >= 15 is 0 Å². The van der Waals surface area contributed by atoms with Gasteiger partial charge in [0, 0.05) is 5.69 Å². The summed E-state index contributed by atoms with van der Waals surface area (Å²) in [5.41, 5.74) is 2.93. The Morgan fingerprint density at radius 1 is 0.857 bits per heavy atom. The highest BCUT2D eigenvalue weighted by atomic mass is 16.5. The maximum Gasteiger partial charge on any atom is 0.259 e. The van der Waals surface area contributed by atoms with Crippen LogP contribution in [0.2, 0.25) is 0 Å². The lowest BCUT2D eigenvalue weighted by Gasteiger charge is -2.08. The molecule has 0 atom stereocenters. The Bertz CT molecular complexity index is 1070. The van der Waals surface area contributed by atoms with E-state index in [4.69, 9.17) is 4.74 Å². The zero-order valence-electron chi connectivity index (χ0n) is 15.4. The van der Waals surface area contributed by atoms with E-state index in [-0.39, 0.29) is 5.91 Å². The fraction of sp³-hybridized carbons (Fsp3) is 0.0435. The van der Waals surface area contributed by atoms with Crippen LogP contribution in [0.15, 0.2) is 91.1 Å². The highest BCUT2D eigenvalue weighted by molar-refractivity contribution is 6.05. The molecule has 0 aliphatic heterocycles. The van der Waals surface area contributed by atoms with Gasteiger partial charge in [0.15, 0.2) is 0 Å². The number of rotatable bonds is 5. The topological polar surface area (TPSA) is 56.1 Å². The minimum atomic E-state index is -0.198. The number of carbonyl (C=O) groups excluding carboxylic acids is 1. The number of para-hydroxylation sites is 2. The molecule has 1 heterocycles. The minimum Gasteiger partial charge on any atom is -0.457 e. The van der Waals surface area contributed by atoms with Gasteiger partial charge >= 0.3 is 0 Å². The zero-order chi connectivity index (χ0) is 19.3. The van der Waals surface area contributed by atoms with Gasteiger partial charge < -0.3 is 10.1 Å². The van der Waals surface area contributed by atoms with Crippen LogP contribution in [-0.2, 0) is 0 Å². The average Bonchev–Trinajstić information content (AvgIpc) is 3.12. The highest BCUT2D eigenvalue weighted by Gasteiger charge is 2.15. The van der Waals surface area contributed by atoms with Crippen molar-refractivity contribution >= 4 is 11.6 Å². The van der Waals surface area contributed by atoms with E-state index in [1.54, 1.807) is 10.9 Å². The quantitative estimate of drug-likeness (QED) is 0.524. The largest absolute Gasteiger partial charge is 0.457 e.